The largest absolute Gasteiger partial charge is 0.380 e. The fourth-order valence-corrected chi connectivity index (χ4v) is 3.24. The first-order chi connectivity index (χ1) is 9.81. The van der Waals surface area contributed by atoms with Crippen LogP contribution in [0.15, 0.2) is 18.7 Å². The summed E-state index contributed by atoms with van der Waals surface area (Å²) in [6.45, 7) is 4.58. The highest BCUT2D eigenvalue weighted by Gasteiger charge is 2.32. The standard InChI is InChI=1S/C14H19N5O/c1-17-14-8-19(11-2-5-20-9-11)6-12(14)13(16-17)7-18-4-3-15-10-18/h3-4,10-11H,2,5-9H2,1H3/t11-/m0/s1. The molecule has 0 unspecified atom stereocenters. The summed E-state index contributed by atoms with van der Waals surface area (Å²) in [5, 5.41) is 4.68. The zero-order valence-corrected chi connectivity index (χ0v) is 11.7. The lowest BCUT2D eigenvalue weighted by Crippen LogP contribution is -2.31. The molecule has 0 spiro atoms. The van der Waals surface area contributed by atoms with E-state index < -0.39 is 0 Å². The summed E-state index contributed by atoms with van der Waals surface area (Å²) >= 11 is 0. The van der Waals surface area contributed by atoms with Crippen LogP contribution in [0.5, 0.6) is 0 Å². The summed E-state index contributed by atoms with van der Waals surface area (Å²) in [4.78, 5) is 6.62. The van der Waals surface area contributed by atoms with E-state index in [1.807, 2.05) is 30.5 Å². The van der Waals surface area contributed by atoms with E-state index in [2.05, 4.69) is 19.5 Å². The van der Waals surface area contributed by atoms with Gasteiger partial charge in [-0.3, -0.25) is 9.58 Å². The van der Waals surface area contributed by atoms with Crippen molar-refractivity contribution < 1.29 is 4.74 Å². The molecule has 2 aliphatic rings. The topological polar surface area (TPSA) is 48.1 Å². The second-order valence-electron chi connectivity index (χ2n) is 5.65. The van der Waals surface area contributed by atoms with Gasteiger partial charge in [0.05, 0.1) is 30.9 Å². The third-order valence-electron chi connectivity index (χ3n) is 4.39. The van der Waals surface area contributed by atoms with Crippen LogP contribution in [-0.4, -0.2) is 43.5 Å². The number of fused-ring (bicyclic) bond motifs is 1. The fraction of sp³-hybridized carbons (Fsp3) is 0.571. The van der Waals surface area contributed by atoms with Crippen molar-refractivity contribution in [2.24, 2.45) is 7.05 Å². The van der Waals surface area contributed by atoms with Gasteiger partial charge in [-0.15, -0.1) is 0 Å². The van der Waals surface area contributed by atoms with E-state index in [1.165, 1.54) is 17.0 Å². The molecule has 1 fully saturated rings. The molecule has 0 radical (unpaired) electrons. The summed E-state index contributed by atoms with van der Waals surface area (Å²) in [6, 6.07) is 0.573. The molecule has 0 aromatic carbocycles. The molecule has 4 rings (SSSR count). The van der Waals surface area contributed by atoms with Crippen LogP contribution < -0.4 is 0 Å². The van der Waals surface area contributed by atoms with E-state index in [9.17, 15) is 0 Å². The van der Waals surface area contributed by atoms with Crippen LogP contribution in [0.25, 0.3) is 0 Å². The van der Waals surface area contributed by atoms with Gasteiger partial charge in [0.15, 0.2) is 0 Å². The van der Waals surface area contributed by atoms with E-state index in [0.717, 1.165) is 39.3 Å². The lowest BCUT2D eigenvalue weighted by Gasteiger charge is -2.21. The summed E-state index contributed by atoms with van der Waals surface area (Å²) in [5.41, 5.74) is 3.92. The van der Waals surface area contributed by atoms with Crippen molar-refractivity contribution in [2.45, 2.75) is 32.1 Å². The van der Waals surface area contributed by atoms with Crippen LogP contribution in [0.2, 0.25) is 0 Å². The summed E-state index contributed by atoms with van der Waals surface area (Å²) in [5.74, 6) is 0. The zero-order valence-electron chi connectivity index (χ0n) is 11.7. The molecule has 2 aliphatic heterocycles. The molecule has 6 nitrogen and oxygen atoms in total. The van der Waals surface area contributed by atoms with Gasteiger partial charge >= 0.3 is 0 Å². The number of aromatic nitrogens is 4. The van der Waals surface area contributed by atoms with Crippen LogP contribution in [0.1, 0.15) is 23.4 Å². The van der Waals surface area contributed by atoms with Crippen LogP contribution in [0, 0.1) is 0 Å². The maximum Gasteiger partial charge on any atom is 0.0949 e. The molecule has 1 saturated heterocycles. The summed E-state index contributed by atoms with van der Waals surface area (Å²) < 4.78 is 9.63. The minimum absolute atomic E-state index is 0.573. The van der Waals surface area contributed by atoms with E-state index in [1.54, 1.807) is 0 Å². The van der Waals surface area contributed by atoms with Gasteiger partial charge in [-0.05, 0) is 6.42 Å². The molecule has 0 amide bonds. The molecule has 4 heterocycles. The first-order valence-corrected chi connectivity index (χ1v) is 7.12. The number of imidazole rings is 1. The van der Waals surface area contributed by atoms with Crippen LogP contribution in [0.4, 0.5) is 0 Å². The Bertz CT molecular complexity index is 597. The number of hydrogen-bond acceptors (Lipinski definition) is 4. The molecule has 2 aromatic heterocycles. The molecule has 1 atom stereocenters. The minimum atomic E-state index is 0.573. The number of rotatable bonds is 3. The average Bonchev–Trinajstić information content (AvgIpc) is 3.18. The van der Waals surface area contributed by atoms with Crippen molar-refractivity contribution in [1.82, 2.24) is 24.2 Å². The van der Waals surface area contributed by atoms with Gasteiger partial charge in [0.1, 0.15) is 0 Å². The summed E-state index contributed by atoms with van der Waals surface area (Å²) in [6.07, 6.45) is 6.79. The Kier molecular flexibility index (Phi) is 2.85. The van der Waals surface area contributed by atoms with Crippen molar-refractivity contribution in [3.8, 4) is 0 Å². The third-order valence-corrected chi connectivity index (χ3v) is 4.39. The lowest BCUT2D eigenvalue weighted by atomic mass is 10.2. The molecular formula is C14H19N5O. The molecule has 20 heavy (non-hydrogen) atoms. The first kappa shape index (κ1) is 12.1. The molecular weight excluding hydrogens is 254 g/mol. The van der Waals surface area contributed by atoms with Crippen molar-refractivity contribution in [1.29, 1.82) is 0 Å². The van der Waals surface area contributed by atoms with Crippen molar-refractivity contribution in [2.75, 3.05) is 13.2 Å². The van der Waals surface area contributed by atoms with E-state index >= 15 is 0 Å². The second-order valence-corrected chi connectivity index (χ2v) is 5.65. The molecule has 2 aromatic rings. The predicted octanol–water partition coefficient (Wildman–Crippen LogP) is 0.769. The monoisotopic (exact) mass is 273 g/mol. The Labute approximate surface area is 118 Å². The lowest BCUT2D eigenvalue weighted by molar-refractivity contribution is 0.141. The Morgan fingerprint density at radius 1 is 1.40 bits per heavy atom. The smallest absolute Gasteiger partial charge is 0.0949 e. The van der Waals surface area contributed by atoms with E-state index in [4.69, 9.17) is 4.74 Å². The van der Waals surface area contributed by atoms with Gasteiger partial charge in [-0.25, -0.2) is 4.98 Å². The number of hydrogen-bond donors (Lipinski definition) is 0. The SMILES string of the molecule is Cn1nc(Cn2ccnc2)c2c1CN([C@H]1CCOC1)C2. The van der Waals surface area contributed by atoms with E-state index in [-0.39, 0.29) is 0 Å². The molecule has 0 saturated carbocycles. The highest BCUT2D eigenvalue weighted by molar-refractivity contribution is 5.30. The van der Waals surface area contributed by atoms with Gasteiger partial charge in [-0.2, -0.15) is 5.10 Å². The third kappa shape index (κ3) is 1.96. The molecule has 0 bridgehead atoms. The van der Waals surface area contributed by atoms with Crippen molar-refractivity contribution in [3.63, 3.8) is 0 Å². The molecule has 106 valence electrons. The van der Waals surface area contributed by atoms with Gasteiger partial charge in [-0.1, -0.05) is 0 Å². The Morgan fingerprint density at radius 3 is 3.10 bits per heavy atom. The Hall–Kier alpha value is -1.66. The van der Waals surface area contributed by atoms with Crippen LogP contribution in [-0.2, 0) is 31.4 Å². The number of nitrogens with zero attached hydrogens (tertiary/aromatic N) is 5. The Morgan fingerprint density at radius 2 is 2.35 bits per heavy atom. The van der Waals surface area contributed by atoms with E-state index in [0.29, 0.717) is 6.04 Å². The van der Waals surface area contributed by atoms with Crippen molar-refractivity contribution in [3.05, 3.63) is 35.7 Å². The second kappa shape index (κ2) is 4.71. The van der Waals surface area contributed by atoms with Crippen LogP contribution >= 0.6 is 0 Å². The maximum atomic E-state index is 5.51. The Balaban J connectivity index is 1.58. The predicted molar refractivity (Wildman–Crippen MR) is 73.0 cm³/mol. The quantitative estimate of drug-likeness (QED) is 0.829. The van der Waals surface area contributed by atoms with Gasteiger partial charge in [0, 0.05) is 50.7 Å². The van der Waals surface area contributed by atoms with Gasteiger partial charge in [0.25, 0.3) is 0 Å². The normalized spacial score (nSPS) is 22.6. The average molecular weight is 273 g/mol. The van der Waals surface area contributed by atoms with Crippen LogP contribution in [0.3, 0.4) is 0 Å². The van der Waals surface area contributed by atoms with Gasteiger partial charge < -0.3 is 9.30 Å². The highest BCUT2D eigenvalue weighted by Crippen LogP contribution is 2.29. The molecule has 0 aliphatic carbocycles. The first-order valence-electron chi connectivity index (χ1n) is 7.12. The number of aryl methyl sites for hydroxylation is 1. The van der Waals surface area contributed by atoms with Gasteiger partial charge in [0.2, 0.25) is 0 Å². The molecule has 0 N–H and O–H groups in total. The van der Waals surface area contributed by atoms with Crippen molar-refractivity contribution >= 4 is 0 Å². The number of ether oxygens (including phenoxy) is 1. The molecule has 6 heteroatoms. The maximum absolute atomic E-state index is 5.51. The highest BCUT2D eigenvalue weighted by atomic mass is 16.5. The minimum Gasteiger partial charge on any atom is -0.380 e. The summed E-state index contributed by atoms with van der Waals surface area (Å²) in [7, 11) is 2.05. The fourth-order valence-electron chi connectivity index (χ4n) is 3.24. The zero-order chi connectivity index (χ0) is 13.5.